The van der Waals surface area contributed by atoms with Gasteiger partial charge in [0.2, 0.25) is 0 Å². The average Bonchev–Trinajstić information content (AvgIpc) is 3.23. The molecule has 0 saturated heterocycles. The highest BCUT2D eigenvalue weighted by molar-refractivity contribution is 5.71. The van der Waals surface area contributed by atoms with E-state index in [1.54, 1.807) is 0 Å². The van der Waals surface area contributed by atoms with Gasteiger partial charge in [-0.25, -0.2) is 0 Å². The van der Waals surface area contributed by atoms with Gasteiger partial charge in [0.05, 0.1) is 0 Å². The fraction of sp³-hybridized carbons (Fsp3) is 0.945. The molecule has 0 unspecified atom stereocenters. The predicted octanol–water partition coefficient (Wildman–Crippen LogP) is 17.7. The van der Waals surface area contributed by atoms with Crippen molar-refractivity contribution in [1.82, 2.24) is 0 Å². The quantitative estimate of drug-likeness (QED) is 0.0344. The zero-order valence-electron chi connectivity index (χ0n) is 41.8. The average molecular weight is 863 g/mol. The molecule has 362 valence electrons. The first-order chi connectivity index (χ1) is 29.7. The molecular formula is C55H106O6. The van der Waals surface area contributed by atoms with E-state index in [2.05, 4.69) is 34.6 Å². The molecule has 0 aliphatic rings. The summed E-state index contributed by atoms with van der Waals surface area (Å²) in [6, 6.07) is 0. The molecule has 0 aromatic rings. The number of esters is 3. The highest BCUT2D eigenvalue weighted by atomic mass is 16.6. The molecule has 61 heavy (non-hydrogen) atoms. The van der Waals surface area contributed by atoms with E-state index in [4.69, 9.17) is 14.2 Å². The van der Waals surface area contributed by atoms with E-state index in [9.17, 15) is 14.4 Å². The van der Waals surface area contributed by atoms with Crippen molar-refractivity contribution in [2.24, 2.45) is 11.8 Å². The molecule has 6 nitrogen and oxygen atoms in total. The van der Waals surface area contributed by atoms with Crippen molar-refractivity contribution >= 4 is 17.9 Å². The molecule has 0 radical (unpaired) electrons. The molecule has 0 aliphatic carbocycles. The molecule has 6 heteroatoms. The van der Waals surface area contributed by atoms with Gasteiger partial charge >= 0.3 is 17.9 Å². The summed E-state index contributed by atoms with van der Waals surface area (Å²) in [5.74, 6) is 0.815. The Morgan fingerprint density at radius 1 is 0.311 bits per heavy atom. The molecule has 0 amide bonds. The molecule has 0 aliphatic heterocycles. The summed E-state index contributed by atoms with van der Waals surface area (Å²) in [5.41, 5.74) is 0. The van der Waals surface area contributed by atoms with Gasteiger partial charge in [0, 0.05) is 19.3 Å². The van der Waals surface area contributed by atoms with Crippen LogP contribution in [0.25, 0.3) is 0 Å². The number of hydrogen-bond acceptors (Lipinski definition) is 6. The maximum atomic E-state index is 12.8. The van der Waals surface area contributed by atoms with Gasteiger partial charge in [0.25, 0.3) is 0 Å². The van der Waals surface area contributed by atoms with Gasteiger partial charge in [-0.1, -0.05) is 266 Å². The third kappa shape index (κ3) is 49.3. The number of ether oxygens (including phenoxy) is 3. The molecule has 0 heterocycles. The normalized spacial score (nSPS) is 12.0. The molecule has 0 fully saturated rings. The largest absolute Gasteiger partial charge is 0.462 e. The van der Waals surface area contributed by atoms with Crippen LogP contribution in [0.5, 0.6) is 0 Å². The van der Waals surface area contributed by atoms with Gasteiger partial charge in [-0.3, -0.25) is 14.4 Å². The summed E-state index contributed by atoms with van der Waals surface area (Å²) in [6.07, 6.45) is 49.5. The lowest BCUT2D eigenvalue weighted by molar-refractivity contribution is -0.167. The van der Waals surface area contributed by atoms with Crippen LogP contribution in [0.2, 0.25) is 0 Å². The van der Waals surface area contributed by atoms with Crippen molar-refractivity contribution in [1.29, 1.82) is 0 Å². The van der Waals surface area contributed by atoms with Gasteiger partial charge in [-0.2, -0.15) is 0 Å². The number of rotatable bonds is 49. The molecule has 0 spiro atoms. The van der Waals surface area contributed by atoms with Crippen molar-refractivity contribution in [2.75, 3.05) is 13.2 Å². The summed E-state index contributed by atoms with van der Waals surface area (Å²) < 4.78 is 16.8. The van der Waals surface area contributed by atoms with E-state index in [-0.39, 0.29) is 31.1 Å². The first-order valence-corrected chi connectivity index (χ1v) is 27.2. The highest BCUT2D eigenvalue weighted by Gasteiger charge is 2.19. The number of carbonyl (C=O) groups is 3. The Morgan fingerprint density at radius 3 is 0.803 bits per heavy atom. The van der Waals surface area contributed by atoms with E-state index in [0.29, 0.717) is 19.3 Å². The summed E-state index contributed by atoms with van der Waals surface area (Å²) in [5, 5.41) is 0. The van der Waals surface area contributed by atoms with E-state index in [1.165, 1.54) is 193 Å². The van der Waals surface area contributed by atoms with E-state index in [1.807, 2.05) is 0 Å². The number of unbranched alkanes of at least 4 members (excludes halogenated alkanes) is 34. The summed E-state index contributed by atoms with van der Waals surface area (Å²) in [4.78, 5) is 38.0. The van der Waals surface area contributed by atoms with Crippen LogP contribution in [0, 0.1) is 11.8 Å². The lowest BCUT2D eigenvalue weighted by Crippen LogP contribution is -2.30. The molecule has 0 N–H and O–H groups in total. The zero-order chi connectivity index (χ0) is 44.7. The second-order valence-electron chi connectivity index (χ2n) is 19.8. The molecule has 0 aromatic carbocycles. The maximum Gasteiger partial charge on any atom is 0.306 e. The van der Waals surface area contributed by atoms with Crippen LogP contribution in [-0.4, -0.2) is 37.2 Å². The monoisotopic (exact) mass is 863 g/mol. The van der Waals surface area contributed by atoms with Crippen LogP contribution >= 0.6 is 0 Å². The van der Waals surface area contributed by atoms with Crippen LogP contribution in [-0.2, 0) is 28.6 Å². The van der Waals surface area contributed by atoms with Gasteiger partial charge in [0.15, 0.2) is 6.10 Å². The summed E-state index contributed by atoms with van der Waals surface area (Å²) >= 11 is 0. The lowest BCUT2D eigenvalue weighted by atomic mass is 10.0. The van der Waals surface area contributed by atoms with Crippen LogP contribution in [0.1, 0.15) is 304 Å². The van der Waals surface area contributed by atoms with Crippen LogP contribution in [0.3, 0.4) is 0 Å². The van der Waals surface area contributed by atoms with Crippen LogP contribution in [0.4, 0.5) is 0 Å². The van der Waals surface area contributed by atoms with Crippen molar-refractivity contribution in [3.05, 3.63) is 0 Å². The molecule has 0 saturated carbocycles. The molecule has 0 bridgehead atoms. The van der Waals surface area contributed by atoms with Gasteiger partial charge in [-0.15, -0.1) is 0 Å². The summed E-state index contributed by atoms with van der Waals surface area (Å²) in [6.45, 7) is 11.4. The van der Waals surface area contributed by atoms with Gasteiger partial charge < -0.3 is 14.2 Å². The third-order valence-corrected chi connectivity index (χ3v) is 12.5. The van der Waals surface area contributed by atoms with Crippen molar-refractivity contribution < 1.29 is 28.6 Å². The topological polar surface area (TPSA) is 78.9 Å². The van der Waals surface area contributed by atoms with Crippen LogP contribution in [0.15, 0.2) is 0 Å². The van der Waals surface area contributed by atoms with Gasteiger partial charge in [-0.05, 0) is 31.1 Å². The Morgan fingerprint density at radius 2 is 0.541 bits per heavy atom. The second-order valence-corrected chi connectivity index (χ2v) is 19.8. The first-order valence-electron chi connectivity index (χ1n) is 27.2. The van der Waals surface area contributed by atoms with Crippen molar-refractivity contribution in [3.63, 3.8) is 0 Å². The Balaban J connectivity index is 4.27. The zero-order valence-corrected chi connectivity index (χ0v) is 41.8. The highest BCUT2D eigenvalue weighted by Crippen LogP contribution is 2.18. The van der Waals surface area contributed by atoms with Crippen molar-refractivity contribution in [3.8, 4) is 0 Å². The standard InChI is InChI=1S/C55H106O6/c1-6-7-8-9-10-11-12-20-25-30-35-40-45-53(56)59-48-52(49-60-54(57)46-41-36-31-27-22-24-29-34-39-44-51(4)5)61-55(58)47-42-37-32-26-21-18-16-14-13-15-17-19-23-28-33-38-43-50(2)3/h50-52H,6-49H2,1-5H3/t52-/m0/s1. The van der Waals surface area contributed by atoms with E-state index >= 15 is 0 Å². The number of carbonyl (C=O) groups excluding carboxylic acids is 3. The molecular weight excluding hydrogens is 757 g/mol. The van der Waals surface area contributed by atoms with E-state index < -0.39 is 6.10 Å². The minimum Gasteiger partial charge on any atom is -0.462 e. The number of hydrogen-bond donors (Lipinski definition) is 0. The lowest BCUT2D eigenvalue weighted by Gasteiger charge is -2.18. The predicted molar refractivity (Wildman–Crippen MR) is 261 cm³/mol. The minimum absolute atomic E-state index is 0.0633. The Kier molecular flexibility index (Phi) is 46.6. The molecule has 0 rings (SSSR count). The fourth-order valence-corrected chi connectivity index (χ4v) is 8.34. The Bertz CT molecular complexity index is 931. The molecule has 0 aromatic heterocycles. The first kappa shape index (κ1) is 59.4. The Hall–Kier alpha value is -1.59. The minimum atomic E-state index is -0.762. The van der Waals surface area contributed by atoms with Crippen LogP contribution < -0.4 is 0 Å². The smallest absolute Gasteiger partial charge is 0.306 e. The SMILES string of the molecule is CCCCCCCCCCCCCCC(=O)OC[C@@H](COC(=O)CCCCCCCCCCCC(C)C)OC(=O)CCCCCCCCCCCCCCCCCCC(C)C. The third-order valence-electron chi connectivity index (χ3n) is 12.5. The summed E-state index contributed by atoms with van der Waals surface area (Å²) in [7, 11) is 0. The molecule has 1 atom stereocenters. The van der Waals surface area contributed by atoms with E-state index in [0.717, 1.165) is 69.6 Å². The maximum absolute atomic E-state index is 12.8. The second kappa shape index (κ2) is 47.9. The fourth-order valence-electron chi connectivity index (χ4n) is 8.34. The Labute approximate surface area is 380 Å². The van der Waals surface area contributed by atoms with Gasteiger partial charge in [0.1, 0.15) is 13.2 Å². The van der Waals surface area contributed by atoms with Crippen molar-refractivity contribution in [2.45, 2.75) is 310 Å².